The smallest absolute Gasteiger partial charge is 0.488 e. The van der Waals surface area contributed by atoms with Gasteiger partial charge in [0.05, 0.1) is 5.56 Å². The first-order chi connectivity index (χ1) is 13.4. The highest BCUT2D eigenvalue weighted by molar-refractivity contribution is 5.85. The number of para-hydroxylation sites is 1. The molecule has 3 rings (SSSR count). The second-order valence-electron chi connectivity index (χ2n) is 6.15. The third-order valence-corrected chi connectivity index (χ3v) is 4.08. The third-order valence-electron chi connectivity index (χ3n) is 4.08. The number of hydrogen-bond acceptors (Lipinski definition) is 3. The van der Waals surface area contributed by atoms with Crippen LogP contribution in [0.5, 0.6) is 11.5 Å². The molecule has 3 aromatic carbocycles. The topological polar surface area (TPSA) is 35.5 Å². The van der Waals surface area contributed by atoms with Crippen LogP contribution in [0.4, 0.5) is 13.2 Å². The minimum atomic E-state index is -4.81. The van der Waals surface area contributed by atoms with Crippen LogP contribution in [0.15, 0.2) is 66.7 Å². The van der Waals surface area contributed by atoms with E-state index in [4.69, 9.17) is 4.74 Å². The van der Waals surface area contributed by atoms with Crippen molar-refractivity contribution in [1.82, 2.24) is 0 Å². The van der Waals surface area contributed by atoms with E-state index in [2.05, 4.69) is 4.74 Å². The van der Waals surface area contributed by atoms with Crippen molar-refractivity contribution in [3.05, 3.63) is 83.4 Å². The number of rotatable bonds is 6. The van der Waals surface area contributed by atoms with E-state index < -0.39 is 6.36 Å². The van der Waals surface area contributed by atoms with Gasteiger partial charge >= 0.3 is 6.36 Å². The van der Waals surface area contributed by atoms with Crippen LogP contribution >= 0.6 is 0 Å². The molecule has 28 heavy (non-hydrogen) atoms. The first-order valence-corrected chi connectivity index (χ1v) is 8.49. The fraction of sp³-hybridized carbons (Fsp3) is 0.136. The summed E-state index contributed by atoms with van der Waals surface area (Å²) < 4.78 is 48.0. The number of alkyl halides is 3. The molecule has 0 amide bonds. The monoisotopic (exact) mass is 386 g/mol. The standard InChI is InChI=1S/C22H17F3O3/c1-15-11-17(19-9-5-6-10-20(19)28-22(23,24)25)12-18(13-26)21(15)27-14-16-7-3-2-4-8-16/h2-13H,14H2,1H3. The number of halogens is 3. The van der Waals surface area contributed by atoms with Crippen molar-refractivity contribution in [3.8, 4) is 22.6 Å². The lowest BCUT2D eigenvalue weighted by Crippen LogP contribution is -2.17. The lowest BCUT2D eigenvalue weighted by molar-refractivity contribution is -0.274. The summed E-state index contributed by atoms with van der Waals surface area (Å²) in [5, 5.41) is 0. The molecule has 0 aromatic heterocycles. The minimum absolute atomic E-state index is 0.237. The van der Waals surface area contributed by atoms with E-state index in [1.54, 1.807) is 19.1 Å². The van der Waals surface area contributed by atoms with Gasteiger partial charge in [0.2, 0.25) is 0 Å². The molecular formula is C22H17F3O3. The molecule has 3 nitrogen and oxygen atoms in total. The summed E-state index contributed by atoms with van der Waals surface area (Å²) >= 11 is 0. The van der Waals surface area contributed by atoms with Crippen LogP contribution in [0.3, 0.4) is 0 Å². The lowest BCUT2D eigenvalue weighted by atomic mass is 9.99. The normalized spacial score (nSPS) is 11.1. The van der Waals surface area contributed by atoms with Gasteiger partial charge in [0.25, 0.3) is 0 Å². The Hall–Kier alpha value is -3.28. The summed E-state index contributed by atoms with van der Waals surface area (Å²) in [6.07, 6.45) is -4.18. The highest BCUT2D eigenvalue weighted by Crippen LogP contribution is 2.37. The maximum absolute atomic E-state index is 12.7. The Balaban J connectivity index is 1.95. The number of carbonyl (C=O) groups excluding carboxylic acids is 1. The maximum atomic E-state index is 12.7. The average molecular weight is 386 g/mol. The predicted molar refractivity (Wildman–Crippen MR) is 99.5 cm³/mol. The van der Waals surface area contributed by atoms with Crippen LogP contribution in [0.25, 0.3) is 11.1 Å². The van der Waals surface area contributed by atoms with Crippen LogP contribution in [-0.2, 0) is 6.61 Å². The molecule has 0 radical (unpaired) electrons. The molecule has 144 valence electrons. The summed E-state index contributed by atoms with van der Waals surface area (Å²) in [5.74, 6) is 0.0704. The second-order valence-corrected chi connectivity index (χ2v) is 6.15. The summed E-state index contributed by atoms with van der Waals surface area (Å²) in [7, 11) is 0. The average Bonchev–Trinajstić information content (AvgIpc) is 2.66. The molecule has 6 heteroatoms. The minimum Gasteiger partial charge on any atom is -0.488 e. The Morgan fingerprint density at radius 3 is 2.32 bits per heavy atom. The Morgan fingerprint density at radius 2 is 1.64 bits per heavy atom. The molecule has 0 atom stereocenters. The van der Waals surface area contributed by atoms with Crippen molar-refractivity contribution in [2.24, 2.45) is 0 Å². The largest absolute Gasteiger partial charge is 0.573 e. The highest BCUT2D eigenvalue weighted by Gasteiger charge is 2.32. The van der Waals surface area contributed by atoms with Crippen LogP contribution in [0, 0.1) is 6.92 Å². The van der Waals surface area contributed by atoms with Crippen LogP contribution < -0.4 is 9.47 Å². The number of aryl methyl sites for hydroxylation is 1. The van der Waals surface area contributed by atoms with E-state index in [0.29, 0.717) is 23.2 Å². The number of ether oxygens (including phenoxy) is 2. The highest BCUT2D eigenvalue weighted by atomic mass is 19.4. The van der Waals surface area contributed by atoms with Crippen molar-refractivity contribution >= 4 is 6.29 Å². The van der Waals surface area contributed by atoms with E-state index in [1.807, 2.05) is 30.3 Å². The van der Waals surface area contributed by atoms with E-state index in [1.165, 1.54) is 24.3 Å². The van der Waals surface area contributed by atoms with Crippen LogP contribution in [0.2, 0.25) is 0 Å². The maximum Gasteiger partial charge on any atom is 0.573 e. The molecule has 0 N–H and O–H groups in total. The van der Waals surface area contributed by atoms with Gasteiger partial charge in [-0.1, -0.05) is 48.5 Å². The molecule has 0 unspecified atom stereocenters. The Kier molecular flexibility index (Phi) is 5.68. The predicted octanol–water partition coefficient (Wildman–Crippen LogP) is 5.95. The summed E-state index contributed by atoms with van der Waals surface area (Å²) in [6.45, 7) is 2.01. The number of carbonyl (C=O) groups is 1. The molecule has 0 aliphatic heterocycles. The fourth-order valence-electron chi connectivity index (χ4n) is 2.89. The lowest BCUT2D eigenvalue weighted by Gasteiger charge is -2.16. The molecule has 0 aliphatic carbocycles. The van der Waals surface area contributed by atoms with Gasteiger partial charge in [0.1, 0.15) is 18.1 Å². The number of aldehydes is 1. The molecule has 0 saturated heterocycles. The van der Waals surface area contributed by atoms with Gasteiger partial charge in [0.15, 0.2) is 6.29 Å². The zero-order chi connectivity index (χ0) is 20.1. The Bertz CT molecular complexity index is 967. The van der Waals surface area contributed by atoms with Crippen molar-refractivity contribution in [3.63, 3.8) is 0 Å². The van der Waals surface area contributed by atoms with Gasteiger partial charge in [-0.2, -0.15) is 0 Å². The summed E-state index contributed by atoms with van der Waals surface area (Å²) in [4.78, 5) is 11.6. The fourth-order valence-corrected chi connectivity index (χ4v) is 2.89. The molecular weight excluding hydrogens is 369 g/mol. The SMILES string of the molecule is Cc1cc(-c2ccccc2OC(F)(F)F)cc(C=O)c1OCc1ccccc1. The van der Waals surface area contributed by atoms with Gasteiger partial charge in [-0.25, -0.2) is 0 Å². The zero-order valence-electron chi connectivity index (χ0n) is 15.0. The molecule has 0 fully saturated rings. The first kappa shape index (κ1) is 19.5. The van der Waals surface area contributed by atoms with E-state index in [-0.39, 0.29) is 23.5 Å². The molecule has 0 aliphatic rings. The van der Waals surface area contributed by atoms with Crippen LogP contribution in [0.1, 0.15) is 21.5 Å². The van der Waals surface area contributed by atoms with Crippen molar-refractivity contribution < 1.29 is 27.4 Å². The van der Waals surface area contributed by atoms with Gasteiger partial charge in [-0.3, -0.25) is 4.79 Å². The third kappa shape index (κ3) is 4.71. The van der Waals surface area contributed by atoms with Crippen molar-refractivity contribution in [2.45, 2.75) is 19.9 Å². The Labute approximate surface area is 160 Å². The van der Waals surface area contributed by atoms with Crippen molar-refractivity contribution in [2.75, 3.05) is 0 Å². The molecule has 3 aromatic rings. The van der Waals surface area contributed by atoms with E-state index in [0.717, 1.165) is 5.56 Å². The van der Waals surface area contributed by atoms with E-state index >= 15 is 0 Å². The van der Waals surface area contributed by atoms with Gasteiger partial charge in [-0.05, 0) is 41.8 Å². The number of benzene rings is 3. The van der Waals surface area contributed by atoms with Gasteiger partial charge in [-0.15, -0.1) is 13.2 Å². The molecule has 0 heterocycles. The molecule has 0 saturated carbocycles. The van der Waals surface area contributed by atoms with Crippen LogP contribution in [-0.4, -0.2) is 12.6 Å². The summed E-state index contributed by atoms with van der Waals surface area (Å²) in [6, 6.07) is 18.4. The number of hydrogen-bond donors (Lipinski definition) is 0. The van der Waals surface area contributed by atoms with E-state index in [9.17, 15) is 18.0 Å². The first-order valence-electron chi connectivity index (χ1n) is 8.49. The second kappa shape index (κ2) is 8.17. The quantitative estimate of drug-likeness (QED) is 0.491. The Morgan fingerprint density at radius 1 is 0.964 bits per heavy atom. The molecule has 0 spiro atoms. The van der Waals surface area contributed by atoms with Gasteiger partial charge < -0.3 is 9.47 Å². The van der Waals surface area contributed by atoms with Gasteiger partial charge in [0, 0.05) is 5.56 Å². The van der Waals surface area contributed by atoms with Crippen molar-refractivity contribution in [1.29, 1.82) is 0 Å². The summed E-state index contributed by atoms with van der Waals surface area (Å²) in [5.41, 5.74) is 2.50. The zero-order valence-corrected chi connectivity index (χ0v) is 15.0. The molecule has 0 bridgehead atoms.